The van der Waals surface area contributed by atoms with Crippen molar-refractivity contribution in [1.29, 1.82) is 0 Å². The molecule has 39 heavy (non-hydrogen) atoms. The van der Waals surface area contributed by atoms with E-state index in [1.54, 1.807) is 38.5 Å². The lowest BCUT2D eigenvalue weighted by atomic mass is 9.92. The maximum atomic E-state index is 11.8. The second-order valence-electron chi connectivity index (χ2n) is 9.28. The molecule has 7 nitrogen and oxygen atoms in total. The SMILES string of the molecule is CCc1cccc(CC)c1NC(=S)N1CCc2cc(OC)c(OC)cc2[C@@H]1COc1ccc(C(=O)OC)cc1. The van der Waals surface area contributed by atoms with Gasteiger partial charge in [0, 0.05) is 12.2 Å². The third kappa shape index (κ3) is 6.11. The molecule has 0 saturated carbocycles. The average molecular weight is 549 g/mol. The number of nitrogens with one attached hydrogen (secondary N) is 1. The quantitative estimate of drug-likeness (QED) is 0.258. The van der Waals surface area contributed by atoms with Gasteiger partial charge in [-0.1, -0.05) is 32.0 Å². The zero-order valence-corrected chi connectivity index (χ0v) is 24.0. The van der Waals surface area contributed by atoms with Crippen molar-refractivity contribution in [3.05, 3.63) is 82.4 Å². The Morgan fingerprint density at radius 3 is 2.21 bits per heavy atom. The van der Waals surface area contributed by atoms with Crippen molar-refractivity contribution in [3.8, 4) is 17.2 Å². The van der Waals surface area contributed by atoms with Crippen molar-refractivity contribution < 1.29 is 23.7 Å². The molecular weight excluding hydrogens is 512 g/mol. The average Bonchev–Trinajstić information content (AvgIpc) is 2.98. The van der Waals surface area contributed by atoms with Gasteiger partial charge in [0.05, 0.1) is 32.9 Å². The van der Waals surface area contributed by atoms with E-state index in [-0.39, 0.29) is 12.0 Å². The number of carbonyl (C=O) groups is 1. The number of ether oxygens (including phenoxy) is 4. The van der Waals surface area contributed by atoms with Crippen LogP contribution in [0.4, 0.5) is 5.69 Å². The summed E-state index contributed by atoms with van der Waals surface area (Å²) >= 11 is 6.03. The van der Waals surface area contributed by atoms with Gasteiger partial charge in [-0.05, 0) is 90.1 Å². The highest BCUT2D eigenvalue weighted by Crippen LogP contribution is 2.39. The summed E-state index contributed by atoms with van der Waals surface area (Å²) in [6.07, 6.45) is 2.62. The van der Waals surface area contributed by atoms with Gasteiger partial charge in [-0.15, -0.1) is 0 Å². The highest BCUT2D eigenvalue weighted by atomic mass is 32.1. The molecule has 1 N–H and O–H groups in total. The summed E-state index contributed by atoms with van der Waals surface area (Å²) in [4.78, 5) is 14.0. The van der Waals surface area contributed by atoms with Crippen molar-refractivity contribution in [2.75, 3.05) is 39.8 Å². The zero-order valence-electron chi connectivity index (χ0n) is 23.2. The maximum Gasteiger partial charge on any atom is 0.337 e. The monoisotopic (exact) mass is 548 g/mol. The Balaban J connectivity index is 1.66. The predicted molar refractivity (Wildman–Crippen MR) is 157 cm³/mol. The first-order chi connectivity index (χ1) is 18.9. The van der Waals surface area contributed by atoms with E-state index >= 15 is 0 Å². The minimum atomic E-state index is -0.384. The Hall–Kier alpha value is -3.78. The Morgan fingerprint density at radius 2 is 1.62 bits per heavy atom. The van der Waals surface area contributed by atoms with Crippen LogP contribution in [0.1, 0.15) is 52.5 Å². The third-order valence-corrected chi connectivity index (χ3v) is 7.51. The molecule has 0 fully saturated rings. The molecule has 0 saturated heterocycles. The normalized spacial score (nSPS) is 14.3. The Morgan fingerprint density at radius 1 is 0.974 bits per heavy atom. The number of fused-ring (bicyclic) bond motifs is 1. The van der Waals surface area contributed by atoms with Crippen molar-refractivity contribution in [2.24, 2.45) is 0 Å². The van der Waals surface area contributed by atoms with E-state index < -0.39 is 0 Å². The van der Waals surface area contributed by atoms with E-state index in [1.165, 1.54) is 23.8 Å². The number of para-hydroxylation sites is 1. The van der Waals surface area contributed by atoms with Gasteiger partial charge in [-0.25, -0.2) is 4.79 Å². The maximum absolute atomic E-state index is 11.8. The number of anilines is 1. The number of rotatable bonds is 9. The molecule has 0 bridgehead atoms. The summed E-state index contributed by atoms with van der Waals surface area (Å²) in [6.45, 7) is 5.38. The van der Waals surface area contributed by atoms with Crippen LogP contribution in [0.3, 0.4) is 0 Å². The number of hydrogen-bond acceptors (Lipinski definition) is 6. The lowest BCUT2D eigenvalue weighted by molar-refractivity contribution is 0.0600. The molecule has 3 aromatic carbocycles. The van der Waals surface area contributed by atoms with Gasteiger partial charge in [0.25, 0.3) is 0 Å². The van der Waals surface area contributed by atoms with E-state index in [0.29, 0.717) is 34.5 Å². The second kappa shape index (κ2) is 12.8. The van der Waals surface area contributed by atoms with Crippen molar-refractivity contribution in [2.45, 2.75) is 39.2 Å². The number of methoxy groups -OCH3 is 3. The summed E-state index contributed by atoms with van der Waals surface area (Å²) in [5.41, 5.74) is 6.28. The van der Waals surface area contributed by atoms with Crippen LogP contribution in [0.2, 0.25) is 0 Å². The molecule has 0 radical (unpaired) electrons. The number of esters is 1. The molecule has 0 spiro atoms. The Kier molecular flexibility index (Phi) is 9.30. The lowest BCUT2D eigenvalue weighted by Crippen LogP contribution is -2.44. The first-order valence-corrected chi connectivity index (χ1v) is 13.6. The fourth-order valence-corrected chi connectivity index (χ4v) is 5.33. The molecule has 4 rings (SSSR count). The third-order valence-electron chi connectivity index (χ3n) is 7.18. The molecular formula is C31H36N2O5S. The van der Waals surface area contributed by atoms with Crippen LogP contribution in [0, 0.1) is 0 Å². The van der Waals surface area contributed by atoms with Crippen LogP contribution >= 0.6 is 12.2 Å². The van der Waals surface area contributed by atoms with Crippen LogP contribution in [0.5, 0.6) is 17.2 Å². The van der Waals surface area contributed by atoms with Gasteiger partial charge in [-0.3, -0.25) is 0 Å². The van der Waals surface area contributed by atoms with Crippen molar-refractivity contribution in [3.63, 3.8) is 0 Å². The van der Waals surface area contributed by atoms with Gasteiger partial charge in [-0.2, -0.15) is 0 Å². The number of aryl methyl sites for hydroxylation is 2. The second-order valence-corrected chi connectivity index (χ2v) is 9.67. The first-order valence-electron chi connectivity index (χ1n) is 13.2. The largest absolute Gasteiger partial charge is 0.493 e. The van der Waals surface area contributed by atoms with E-state index in [4.69, 9.17) is 31.2 Å². The van der Waals surface area contributed by atoms with Gasteiger partial charge in [0.15, 0.2) is 16.6 Å². The molecule has 1 aliphatic rings. The van der Waals surface area contributed by atoms with Crippen molar-refractivity contribution in [1.82, 2.24) is 4.90 Å². The molecule has 0 unspecified atom stereocenters. The number of benzene rings is 3. The molecule has 3 aromatic rings. The minimum absolute atomic E-state index is 0.173. The molecule has 1 atom stereocenters. The summed E-state index contributed by atoms with van der Waals surface area (Å²) < 4.78 is 22.3. The fraction of sp³-hybridized carbons (Fsp3) is 0.355. The molecule has 0 aromatic heterocycles. The molecule has 206 valence electrons. The van der Waals surface area contributed by atoms with Gasteiger partial charge >= 0.3 is 5.97 Å². The standard InChI is InChI=1S/C31H36N2O5S/c1-6-20-9-8-10-21(7-2)29(20)32-31(39)33-16-15-23-17-27(35-3)28(36-4)18-25(23)26(33)19-38-24-13-11-22(12-14-24)30(34)37-5/h8-14,17-18,26H,6-7,15-16,19H2,1-5H3,(H,32,39)/t26-/m0/s1. The van der Waals surface area contributed by atoms with Crippen LogP contribution in [0.25, 0.3) is 0 Å². The van der Waals surface area contributed by atoms with Gasteiger partial charge in [0.2, 0.25) is 0 Å². The summed E-state index contributed by atoms with van der Waals surface area (Å²) in [5.74, 6) is 1.63. The summed E-state index contributed by atoms with van der Waals surface area (Å²) in [7, 11) is 4.65. The van der Waals surface area contributed by atoms with Crippen LogP contribution in [-0.2, 0) is 24.0 Å². The molecule has 1 aliphatic heterocycles. The van der Waals surface area contributed by atoms with E-state index in [2.05, 4.69) is 42.3 Å². The van der Waals surface area contributed by atoms with Gasteiger partial charge < -0.3 is 29.2 Å². The molecule has 0 aliphatic carbocycles. The highest BCUT2D eigenvalue weighted by molar-refractivity contribution is 7.80. The van der Waals surface area contributed by atoms with E-state index in [1.807, 2.05) is 12.1 Å². The lowest BCUT2D eigenvalue weighted by Gasteiger charge is -2.39. The Bertz CT molecular complexity index is 1300. The van der Waals surface area contributed by atoms with Crippen molar-refractivity contribution >= 4 is 29.0 Å². The number of hydrogen-bond donors (Lipinski definition) is 1. The van der Waals surface area contributed by atoms with E-state index in [9.17, 15) is 4.79 Å². The zero-order chi connectivity index (χ0) is 27.9. The molecule has 1 heterocycles. The van der Waals surface area contributed by atoms with Crippen LogP contribution < -0.4 is 19.5 Å². The minimum Gasteiger partial charge on any atom is -0.493 e. The number of thiocarbonyl (C=S) groups is 1. The Labute approximate surface area is 236 Å². The smallest absolute Gasteiger partial charge is 0.337 e. The number of carbonyl (C=O) groups excluding carboxylic acids is 1. The molecule has 8 heteroatoms. The highest BCUT2D eigenvalue weighted by Gasteiger charge is 2.32. The van der Waals surface area contributed by atoms with Crippen LogP contribution in [-0.4, -0.2) is 50.5 Å². The number of nitrogens with zero attached hydrogens (tertiary/aromatic N) is 1. The fourth-order valence-electron chi connectivity index (χ4n) is 5.01. The first kappa shape index (κ1) is 28.2. The van der Waals surface area contributed by atoms with Gasteiger partial charge in [0.1, 0.15) is 12.4 Å². The molecule has 0 amide bonds. The van der Waals surface area contributed by atoms with E-state index in [0.717, 1.165) is 37.1 Å². The van der Waals surface area contributed by atoms with Crippen LogP contribution in [0.15, 0.2) is 54.6 Å². The summed E-state index contributed by atoms with van der Waals surface area (Å²) in [5, 5.41) is 4.24. The summed E-state index contributed by atoms with van der Waals surface area (Å²) in [6, 6.07) is 17.2. The topological polar surface area (TPSA) is 69.3 Å². The predicted octanol–water partition coefficient (Wildman–Crippen LogP) is 5.99.